The SMILES string of the molecule is Cc1cc(=O)oc2c1ccc1oc(C(N=O)c3ccccc3)c(C)c12. The molecule has 4 rings (SSSR count). The number of rotatable bonds is 3. The van der Waals surface area contributed by atoms with Gasteiger partial charge in [0.1, 0.15) is 16.9 Å². The lowest BCUT2D eigenvalue weighted by atomic mass is 10.0. The number of nitroso groups, excluding NO2 is 1. The maximum Gasteiger partial charge on any atom is 0.336 e. The highest BCUT2D eigenvalue weighted by atomic mass is 16.4. The normalized spacial score (nSPS) is 12.6. The molecule has 2 heterocycles. The minimum absolute atomic E-state index is 0.409. The Morgan fingerprint density at radius 1 is 1.00 bits per heavy atom. The van der Waals surface area contributed by atoms with E-state index in [-0.39, 0.29) is 0 Å². The molecule has 0 saturated heterocycles. The first kappa shape index (κ1) is 15.3. The third-order valence-electron chi connectivity index (χ3n) is 4.51. The van der Waals surface area contributed by atoms with Crippen LogP contribution >= 0.6 is 0 Å². The second-order valence-corrected chi connectivity index (χ2v) is 6.07. The van der Waals surface area contributed by atoms with Crippen molar-refractivity contribution in [3.05, 3.63) is 86.3 Å². The van der Waals surface area contributed by atoms with Crippen molar-refractivity contribution >= 4 is 21.9 Å². The largest absolute Gasteiger partial charge is 0.458 e. The molecule has 4 aromatic rings. The molecule has 5 heteroatoms. The van der Waals surface area contributed by atoms with Crippen LogP contribution in [-0.2, 0) is 0 Å². The number of hydrogen-bond acceptors (Lipinski definition) is 5. The summed E-state index contributed by atoms with van der Waals surface area (Å²) in [6.45, 7) is 3.71. The van der Waals surface area contributed by atoms with E-state index in [4.69, 9.17) is 8.83 Å². The summed E-state index contributed by atoms with van der Waals surface area (Å²) in [5.41, 5.74) is 2.98. The number of furan rings is 1. The number of aryl methyl sites for hydroxylation is 2. The van der Waals surface area contributed by atoms with Crippen molar-refractivity contribution in [2.75, 3.05) is 0 Å². The van der Waals surface area contributed by atoms with Gasteiger partial charge in [-0.3, -0.25) is 0 Å². The van der Waals surface area contributed by atoms with Crippen molar-refractivity contribution in [3.8, 4) is 0 Å². The van der Waals surface area contributed by atoms with Gasteiger partial charge in [0.25, 0.3) is 0 Å². The summed E-state index contributed by atoms with van der Waals surface area (Å²) in [5, 5.41) is 4.82. The first-order valence-corrected chi connectivity index (χ1v) is 7.94. The van der Waals surface area contributed by atoms with Crippen LogP contribution < -0.4 is 5.63 Å². The summed E-state index contributed by atoms with van der Waals surface area (Å²) in [5.74, 6) is 0.466. The molecular weight excluding hydrogens is 318 g/mol. The van der Waals surface area contributed by atoms with E-state index in [1.165, 1.54) is 6.07 Å². The number of hydrogen-bond donors (Lipinski definition) is 0. The molecule has 0 bridgehead atoms. The molecule has 0 aliphatic carbocycles. The highest BCUT2D eigenvalue weighted by Gasteiger charge is 2.25. The van der Waals surface area contributed by atoms with E-state index < -0.39 is 11.7 Å². The van der Waals surface area contributed by atoms with Gasteiger partial charge < -0.3 is 8.83 Å². The molecule has 2 aromatic carbocycles. The van der Waals surface area contributed by atoms with E-state index in [9.17, 15) is 9.70 Å². The van der Waals surface area contributed by atoms with Crippen molar-refractivity contribution in [1.29, 1.82) is 0 Å². The molecule has 0 spiro atoms. The molecule has 0 aliphatic rings. The minimum Gasteiger partial charge on any atom is -0.458 e. The van der Waals surface area contributed by atoms with Crippen molar-refractivity contribution in [3.63, 3.8) is 0 Å². The smallest absolute Gasteiger partial charge is 0.336 e. The topological polar surface area (TPSA) is 72.8 Å². The number of nitrogens with zero attached hydrogens (tertiary/aromatic N) is 1. The van der Waals surface area contributed by atoms with Crippen LogP contribution in [-0.4, -0.2) is 0 Å². The molecular formula is C20H15NO4. The monoisotopic (exact) mass is 333 g/mol. The minimum atomic E-state index is -0.750. The Balaban J connectivity index is 2.04. The van der Waals surface area contributed by atoms with E-state index in [1.54, 1.807) is 0 Å². The Morgan fingerprint density at radius 3 is 2.48 bits per heavy atom. The third kappa shape index (κ3) is 2.36. The summed E-state index contributed by atoms with van der Waals surface area (Å²) >= 11 is 0. The molecule has 124 valence electrons. The van der Waals surface area contributed by atoms with Crippen molar-refractivity contribution in [2.45, 2.75) is 19.9 Å². The van der Waals surface area contributed by atoms with Crippen LogP contribution in [0.5, 0.6) is 0 Å². The van der Waals surface area contributed by atoms with Gasteiger partial charge in [-0.2, -0.15) is 0 Å². The van der Waals surface area contributed by atoms with Crippen LogP contribution in [0, 0.1) is 18.8 Å². The van der Waals surface area contributed by atoms with Crippen LogP contribution in [0.1, 0.15) is 28.5 Å². The second kappa shape index (κ2) is 5.70. The first-order chi connectivity index (χ1) is 12.1. The highest BCUT2D eigenvalue weighted by molar-refractivity contribution is 6.05. The Hall–Kier alpha value is -3.21. The van der Waals surface area contributed by atoms with Gasteiger partial charge in [-0.1, -0.05) is 35.5 Å². The Labute approximate surface area is 142 Å². The van der Waals surface area contributed by atoms with Crippen molar-refractivity contribution in [2.24, 2.45) is 5.18 Å². The van der Waals surface area contributed by atoms with E-state index in [0.717, 1.165) is 22.1 Å². The molecule has 0 fully saturated rings. The maximum atomic E-state index is 11.8. The van der Waals surface area contributed by atoms with Gasteiger partial charge in [0, 0.05) is 17.0 Å². The van der Waals surface area contributed by atoms with Gasteiger partial charge in [-0.25, -0.2) is 4.79 Å². The maximum absolute atomic E-state index is 11.8. The van der Waals surface area contributed by atoms with Crippen LogP contribution in [0.25, 0.3) is 21.9 Å². The zero-order valence-corrected chi connectivity index (χ0v) is 13.8. The molecule has 0 aliphatic heterocycles. The molecule has 1 atom stereocenters. The van der Waals surface area contributed by atoms with Gasteiger partial charge in [0.2, 0.25) is 0 Å². The lowest BCUT2D eigenvalue weighted by Crippen LogP contribution is -1.99. The zero-order chi connectivity index (χ0) is 17.6. The van der Waals surface area contributed by atoms with Gasteiger partial charge in [0.15, 0.2) is 6.04 Å². The van der Waals surface area contributed by atoms with E-state index in [0.29, 0.717) is 22.3 Å². The van der Waals surface area contributed by atoms with Crippen molar-refractivity contribution in [1.82, 2.24) is 0 Å². The van der Waals surface area contributed by atoms with Gasteiger partial charge in [-0.15, -0.1) is 4.91 Å². The van der Waals surface area contributed by atoms with E-state index >= 15 is 0 Å². The highest BCUT2D eigenvalue weighted by Crippen LogP contribution is 2.38. The Bertz CT molecular complexity index is 1160. The summed E-state index contributed by atoms with van der Waals surface area (Å²) in [6.07, 6.45) is 0. The molecule has 0 amide bonds. The molecule has 25 heavy (non-hydrogen) atoms. The van der Waals surface area contributed by atoms with E-state index in [1.807, 2.05) is 56.3 Å². The number of benzene rings is 2. The molecule has 0 radical (unpaired) electrons. The van der Waals surface area contributed by atoms with Gasteiger partial charge in [-0.05, 0) is 37.1 Å². The second-order valence-electron chi connectivity index (χ2n) is 6.07. The summed E-state index contributed by atoms with van der Waals surface area (Å²) in [6, 6.07) is 13.6. The fraction of sp³-hybridized carbons (Fsp3) is 0.150. The lowest BCUT2D eigenvalue weighted by Gasteiger charge is -2.07. The molecule has 5 nitrogen and oxygen atoms in total. The van der Waals surface area contributed by atoms with E-state index in [2.05, 4.69) is 5.18 Å². The fourth-order valence-electron chi connectivity index (χ4n) is 3.28. The molecule has 2 aromatic heterocycles. The number of fused-ring (bicyclic) bond motifs is 3. The molecule has 1 unspecified atom stereocenters. The average molecular weight is 333 g/mol. The Morgan fingerprint density at radius 2 is 1.76 bits per heavy atom. The average Bonchev–Trinajstić information content (AvgIpc) is 2.94. The fourth-order valence-corrected chi connectivity index (χ4v) is 3.28. The van der Waals surface area contributed by atoms with Gasteiger partial charge in [0.05, 0.1) is 5.39 Å². The Kier molecular flexibility index (Phi) is 3.50. The first-order valence-electron chi connectivity index (χ1n) is 7.94. The van der Waals surface area contributed by atoms with Crippen molar-refractivity contribution < 1.29 is 8.83 Å². The third-order valence-corrected chi connectivity index (χ3v) is 4.51. The lowest BCUT2D eigenvalue weighted by molar-refractivity contribution is 0.520. The van der Waals surface area contributed by atoms with Crippen LogP contribution in [0.15, 0.2) is 67.3 Å². The summed E-state index contributed by atoms with van der Waals surface area (Å²) < 4.78 is 11.4. The standard InChI is InChI=1S/C20H15NO4/c1-11-10-16(22)25-20-14(11)8-9-15-17(20)12(2)19(24-15)18(21-23)13-6-4-3-5-7-13/h3-10,18H,1-2H3. The van der Waals surface area contributed by atoms with Gasteiger partial charge >= 0.3 is 5.63 Å². The summed E-state index contributed by atoms with van der Waals surface area (Å²) in [7, 11) is 0. The predicted molar refractivity (Wildman–Crippen MR) is 95.8 cm³/mol. The summed E-state index contributed by atoms with van der Waals surface area (Å²) in [4.78, 5) is 23.3. The quantitative estimate of drug-likeness (QED) is 0.390. The van der Waals surface area contributed by atoms with Crippen LogP contribution in [0.4, 0.5) is 0 Å². The predicted octanol–water partition coefficient (Wildman–Crippen LogP) is 5.01. The zero-order valence-electron chi connectivity index (χ0n) is 13.8. The molecule has 0 saturated carbocycles. The molecule has 0 N–H and O–H groups in total. The van der Waals surface area contributed by atoms with Crippen LogP contribution in [0.2, 0.25) is 0 Å². The van der Waals surface area contributed by atoms with Crippen LogP contribution in [0.3, 0.4) is 0 Å².